The molecule has 169 valence electrons. The molecule has 1 radical (unpaired) electrons. The number of rotatable bonds is 5. The third kappa shape index (κ3) is 4.42. The fourth-order valence-electron chi connectivity index (χ4n) is 4.12. The molecule has 5 nitrogen and oxygen atoms in total. The first-order chi connectivity index (χ1) is 15.0. The molecule has 0 unspecified atom stereocenters. The maximum Gasteiger partial charge on any atom is 0.283 e. The molecule has 2 aromatic carbocycles. The van der Waals surface area contributed by atoms with E-state index in [1.807, 2.05) is 18.2 Å². The first-order valence-electron chi connectivity index (χ1n) is 10.9. The lowest BCUT2D eigenvalue weighted by molar-refractivity contribution is -0.224. The number of ether oxygens (including phenoxy) is 3. The summed E-state index contributed by atoms with van der Waals surface area (Å²) in [5.41, 5.74) is -0.287. The molecule has 4 atom stereocenters. The molecule has 0 bridgehead atoms. The molecule has 4 rings (SSSR count). The van der Waals surface area contributed by atoms with Gasteiger partial charge in [-0.15, -0.1) is 6.42 Å². The summed E-state index contributed by atoms with van der Waals surface area (Å²) in [7, 11) is -1.59. The third-order valence-electron chi connectivity index (χ3n) is 5.94. The van der Waals surface area contributed by atoms with E-state index in [-0.39, 0.29) is 12.0 Å². The first-order valence-corrected chi connectivity index (χ1v) is 12.3. The molecule has 32 heavy (non-hydrogen) atoms. The second-order valence-electron chi connectivity index (χ2n) is 9.85. The zero-order valence-electron chi connectivity index (χ0n) is 19.3. The summed E-state index contributed by atoms with van der Waals surface area (Å²) in [4.78, 5) is 0. The molecule has 0 spiro atoms. The Kier molecular flexibility index (Phi) is 6.10. The van der Waals surface area contributed by atoms with Gasteiger partial charge in [-0.05, 0) is 35.2 Å². The Bertz CT molecular complexity index is 976. The standard InChI is InChI=1S/C26H31O5Si/c1-7-26(27)21(29-23-22(26)30-25(5,6)31-23)17-28-32(19-11-9-8-10-12-19)20-15-13-18(14-16-20)24(2,3)4/h1,8-16,21-23,27H,17H2,2-6H3/t21-,22+,23-,26-/m1/s1. The van der Waals surface area contributed by atoms with Crippen molar-refractivity contribution in [3.8, 4) is 12.3 Å². The van der Waals surface area contributed by atoms with Crippen LogP contribution in [-0.4, -0.2) is 50.6 Å². The number of terminal acetylenes is 1. The number of benzene rings is 2. The van der Waals surface area contributed by atoms with Crippen LogP contribution < -0.4 is 10.4 Å². The summed E-state index contributed by atoms with van der Waals surface area (Å²) >= 11 is 0. The predicted octanol–water partition coefficient (Wildman–Crippen LogP) is 2.35. The van der Waals surface area contributed by atoms with Gasteiger partial charge in [-0.3, -0.25) is 0 Å². The van der Waals surface area contributed by atoms with E-state index in [1.54, 1.807) is 13.8 Å². The highest BCUT2D eigenvalue weighted by Gasteiger charge is 2.62. The number of aliphatic hydroxyl groups is 1. The minimum atomic E-state index is -1.63. The van der Waals surface area contributed by atoms with E-state index in [1.165, 1.54) is 5.56 Å². The van der Waals surface area contributed by atoms with E-state index in [4.69, 9.17) is 25.1 Å². The van der Waals surface area contributed by atoms with Gasteiger partial charge in [0.15, 0.2) is 23.8 Å². The van der Waals surface area contributed by atoms with E-state index in [0.717, 1.165) is 10.4 Å². The van der Waals surface area contributed by atoms with Crippen molar-refractivity contribution in [2.45, 2.75) is 69.9 Å². The van der Waals surface area contributed by atoms with Gasteiger partial charge >= 0.3 is 0 Å². The second kappa shape index (κ2) is 8.42. The zero-order valence-corrected chi connectivity index (χ0v) is 20.3. The van der Waals surface area contributed by atoms with Gasteiger partial charge in [0, 0.05) is 0 Å². The van der Waals surface area contributed by atoms with Crippen molar-refractivity contribution in [2.75, 3.05) is 6.61 Å². The first kappa shape index (κ1) is 23.2. The van der Waals surface area contributed by atoms with Crippen molar-refractivity contribution in [3.05, 3.63) is 60.2 Å². The number of hydrogen-bond donors (Lipinski definition) is 1. The van der Waals surface area contributed by atoms with Crippen LogP contribution in [0.2, 0.25) is 0 Å². The molecule has 2 saturated heterocycles. The van der Waals surface area contributed by atoms with Crippen LogP contribution in [0.15, 0.2) is 54.6 Å². The predicted molar refractivity (Wildman–Crippen MR) is 125 cm³/mol. The summed E-state index contributed by atoms with van der Waals surface area (Å²) < 4.78 is 24.0. The Balaban J connectivity index is 1.56. The molecular weight excluding hydrogens is 420 g/mol. The topological polar surface area (TPSA) is 57.2 Å². The Morgan fingerprint density at radius 2 is 1.66 bits per heavy atom. The lowest BCUT2D eigenvalue weighted by Gasteiger charge is -2.30. The summed E-state index contributed by atoms with van der Waals surface area (Å²) in [6.07, 6.45) is 3.49. The van der Waals surface area contributed by atoms with Crippen molar-refractivity contribution in [1.29, 1.82) is 0 Å². The fraction of sp³-hybridized carbons (Fsp3) is 0.462. The molecular formula is C26H31O5Si. The van der Waals surface area contributed by atoms with Crippen molar-refractivity contribution in [3.63, 3.8) is 0 Å². The average molecular weight is 452 g/mol. The maximum atomic E-state index is 11.2. The van der Waals surface area contributed by atoms with Gasteiger partial charge in [0.2, 0.25) is 0 Å². The Morgan fingerprint density at radius 1 is 1.03 bits per heavy atom. The van der Waals surface area contributed by atoms with Crippen LogP contribution in [0.1, 0.15) is 40.2 Å². The smallest absolute Gasteiger partial charge is 0.283 e. The van der Waals surface area contributed by atoms with E-state index in [2.05, 4.69) is 63.1 Å². The molecule has 0 aliphatic carbocycles. The lowest BCUT2D eigenvalue weighted by atomic mass is 9.87. The van der Waals surface area contributed by atoms with Gasteiger partial charge in [-0.1, -0.05) is 81.3 Å². The van der Waals surface area contributed by atoms with Gasteiger partial charge in [0.1, 0.15) is 6.10 Å². The Labute approximate surface area is 192 Å². The molecule has 0 saturated carbocycles. The molecule has 0 amide bonds. The van der Waals surface area contributed by atoms with Crippen LogP contribution in [0, 0.1) is 12.3 Å². The van der Waals surface area contributed by atoms with Crippen LogP contribution in [0.25, 0.3) is 0 Å². The van der Waals surface area contributed by atoms with Crippen LogP contribution in [0.5, 0.6) is 0 Å². The lowest BCUT2D eigenvalue weighted by Crippen LogP contribution is -2.52. The Morgan fingerprint density at radius 3 is 2.25 bits per heavy atom. The second-order valence-corrected chi connectivity index (χ2v) is 12.0. The minimum Gasteiger partial charge on any atom is -0.405 e. The summed E-state index contributed by atoms with van der Waals surface area (Å²) in [6.45, 7) is 10.3. The van der Waals surface area contributed by atoms with Crippen molar-refractivity contribution < 1.29 is 23.7 Å². The van der Waals surface area contributed by atoms with Crippen LogP contribution >= 0.6 is 0 Å². The molecule has 1 N–H and O–H groups in total. The van der Waals surface area contributed by atoms with E-state index in [9.17, 15) is 5.11 Å². The van der Waals surface area contributed by atoms with Crippen molar-refractivity contribution in [1.82, 2.24) is 0 Å². The van der Waals surface area contributed by atoms with E-state index < -0.39 is 38.9 Å². The molecule has 2 fully saturated rings. The molecule has 6 heteroatoms. The highest BCUT2D eigenvalue weighted by molar-refractivity contribution is 6.80. The van der Waals surface area contributed by atoms with Gasteiger partial charge in [0.25, 0.3) is 9.04 Å². The van der Waals surface area contributed by atoms with Gasteiger partial charge < -0.3 is 23.7 Å². The number of fused-ring (bicyclic) bond motifs is 1. The zero-order chi connectivity index (χ0) is 23.1. The largest absolute Gasteiger partial charge is 0.405 e. The fourth-order valence-corrected chi connectivity index (χ4v) is 6.07. The highest BCUT2D eigenvalue weighted by Crippen LogP contribution is 2.42. The monoisotopic (exact) mass is 451 g/mol. The SMILES string of the molecule is C#C[C@@]1(O)[C@@H](CO[Si](c2ccccc2)c2ccc(C(C)(C)C)cc2)O[C@@H]2OC(C)(C)O[C@@H]21. The van der Waals surface area contributed by atoms with Gasteiger partial charge in [-0.25, -0.2) is 0 Å². The van der Waals surface area contributed by atoms with E-state index >= 15 is 0 Å². The van der Waals surface area contributed by atoms with Crippen molar-refractivity contribution in [2.24, 2.45) is 0 Å². The third-order valence-corrected chi connectivity index (χ3v) is 8.11. The minimum absolute atomic E-state index is 0.0750. The number of hydrogen-bond acceptors (Lipinski definition) is 5. The van der Waals surface area contributed by atoms with Gasteiger partial charge in [-0.2, -0.15) is 0 Å². The van der Waals surface area contributed by atoms with Gasteiger partial charge in [0.05, 0.1) is 6.61 Å². The normalized spacial score (nSPS) is 29.1. The average Bonchev–Trinajstić information content (AvgIpc) is 3.19. The Hall–Kier alpha value is -1.98. The van der Waals surface area contributed by atoms with Crippen LogP contribution in [0.4, 0.5) is 0 Å². The summed E-state index contributed by atoms with van der Waals surface area (Å²) in [6, 6.07) is 18.7. The molecule has 2 aromatic rings. The summed E-state index contributed by atoms with van der Waals surface area (Å²) in [5.74, 6) is 1.62. The molecule has 2 heterocycles. The van der Waals surface area contributed by atoms with Crippen molar-refractivity contribution >= 4 is 19.4 Å². The highest BCUT2D eigenvalue weighted by atomic mass is 28.3. The molecule has 2 aliphatic rings. The maximum absolute atomic E-state index is 11.2. The summed E-state index contributed by atoms with van der Waals surface area (Å²) in [5, 5.41) is 13.4. The van der Waals surface area contributed by atoms with E-state index in [0.29, 0.717) is 0 Å². The molecule has 0 aromatic heterocycles. The van der Waals surface area contributed by atoms with Crippen LogP contribution in [-0.2, 0) is 24.1 Å². The van der Waals surface area contributed by atoms with Crippen LogP contribution in [0.3, 0.4) is 0 Å². The quantitative estimate of drug-likeness (QED) is 0.559. The molecule has 2 aliphatic heterocycles.